The van der Waals surface area contributed by atoms with Crippen LogP contribution in [0, 0.1) is 23.0 Å². The van der Waals surface area contributed by atoms with Gasteiger partial charge in [0.1, 0.15) is 0 Å². The highest BCUT2D eigenvalue weighted by molar-refractivity contribution is 5.79. The Labute approximate surface area is 117 Å². The number of benzene rings is 1. The summed E-state index contributed by atoms with van der Waals surface area (Å²) in [4.78, 5) is 22.5. The minimum Gasteiger partial charge on any atom is -0.352 e. The van der Waals surface area contributed by atoms with E-state index < -0.39 is 4.92 Å². The van der Waals surface area contributed by atoms with Crippen LogP contribution >= 0.6 is 0 Å². The van der Waals surface area contributed by atoms with Crippen molar-refractivity contribution < 1.29 is 9.72 Å². The number of nitro groups is 1. The first-order valence-electron chi connectivity index (χ1n) is 6.77. The minimum absolute atomic E-state index is 0.0547. The Bertz CT molecular complexity index is 530. The molecule has 6 heteroatoms. The van der Waals surface area contributed by atoms with Crippen LogP contribution in [0.3, 0.4) is 0 Å². The van der Waals surface area contributed by atoms with Crippen LogP contribution in [0.1, 0.15) is 30.4 Å². The van der Waals surface area contributed by atoms with Gasteiger partial charge >= 0.3 is 0 Å². The number of nitro benzene ring substituents is 1. The molecule has 0 bridgehead atoms. The van der Waals surface area contributed by atoms with Gasteiger partial charge in [0.2, 0.25) is 5.91 Å². The molecule has 108 valence electrons. The zero-order valence-electron chi connectivity index (χ0n) is 11.5. The molecule has 6 nitrogen and oxygen atoms in total. The lowest BCUT2D eigenvalue weighted by atomic mass is 10.0. The van der Waals surface area contributed by atoms with Crippen LogP contribution in [0.4, 0.5) is 5.69 Å². The van der Waals surface area contributed by atoms with Gasteiger partial charge in [0.15, 0.2) is 0 Å². The number of nitrogens with two attached hydrogens (primary N) is 1. The van der Waals surface area contributed by atoms with Crippen LogP contribution in [-0.4, -0.2) is 16.9 Å². The number of rotatable bonds is 4. The fourth-order valence-electron chi connectivity index (χ4n) is 2.69. The fraction of sp³-hybridized carbons (Fsp3) is 0.500. The summed E-state index contributed by atoms with van der Waals surface area (Å²) in [5.74, 6) is -0.185. The summed E-state index contributed by atoms with van der Waals surface area (Å²) in [6.45, 7) is 2.00. The van der Waals surface area contributed by atoms with Crippen molar-refractivity contribution >= 4 is 11.6 Å². The Morgan fingerprint density at radius 3 is 2.85 bits per heavy atom. The topological polar surface area (TPSA) is 98.3 Å². The van der Waals surface area contributed by atoms with Gasteiger partial charge in [0.05, 0.1) is 10.8 Å². The third kappa shape index (κ3) is 2.96. The van der Waals surface area contributed by atoms with E-state index in [0.717, 1.165) is 24.8 Å². The molecule has 1 fully saturated rings. The number of nitrogens with zero attached hydrogens (tertiary/aromatic N) is 1. The molecule has 1 amide bonds. The number of carbonyl (C=O) groups is 1. The quantitative estimate of drug-likeness (QED) is 0.645. The van der Waals surface area contributed by atoms with Gasteiger partial charge in [0, 0.05) is 24.2 Å². The van der Waals surface area contributed by atoms with E-state index in [1.54, 1.807) is 19.1 Å². The lowest BCUT2D eigenvalue weighted by molar-refractivity contribution is -0.385. The van der Waals surface area contributed by atoms with Gasteiger partial charge in [-0.2, -0.15) is 0 Å². The van der Waals surface area contributed by atoms with E-state index in [2.05, 4.69) is 5.32 Å². The molecule has 0 heterocycles. The molecule has 0 spiro atoms. The van der Waals surface area contributed by atoms with E-state index in [4.69, 9.17) is 5.73 Å². The van der Waals surface area contributed by atoms with Gasteiger partial charge in [-0.3, -0.25) is 14.9 Å². The molecule has 1 saturated carbocycles. The molecule has 1 aliphatic rings. The van der Waals surface area contributed by atoms with Gasteiger partial charge in [-0.1, -0.05) is 18.6 Å². The Balaban J connectivity index is 2.02. The lowest BCUT2D eigenvalue weighted by Gasteiger charge is -2.15. The standard InChI is InChI=1S/C14H19N3O3/c1-9-10(4-2-7-13(9)17(19)20)8-16-14(18)11-5-3-6-12(11)15/h2,4,7,11-12H,3,5-6,8,15H2,1H3,(H,16,18). The summed E-state index contributed by atoms with van der Waals surface area (Å²) in [7, 11) is 0. The second-order valence-corrected chi connectivity index (χ2v) is 5.24. The van der Waals surface area contributed by atoms with Gasteiger partial charge in [-0.05, 0) is 25.3 Å². The molecule has 2 unspecified atom stereocenters. The predicted octanol–water partition coefficient (Wildman–Crippen LogP) is 1.65. The number of hydrogen-bond donors (Lipinski definition) is 2. The summed E-state index contributed by atoms with van der Waals surface area (Å²) < 4.78 is 0. The van der Waals surface area contributed by atoms with Crippen molar-refractivity contribution in [2.75, 3.05) is 0 Å². The molecule has 1 aromatic rings. The molecule has 2 rings (SSSR count). The van der Waals surface area contributed by atoms with Gasteiger partial charge in [-0.25, -0.2) is 0 Å². The van der Waals surface area contributed by atoms with Gasteiger partial charge in [0.25, 0.3) is 5.69 Å². The number of hydrogen-bond acceptors (Lipinski definition) is 4. The van der Waals surface area contributed by atoms with E-state index >= 15 is 0 Å². The average Bonchev–Trinajstić information content (AvgIpc) is 2.83. The second kappa shape index (κ2) is 6.00. The maximum atomic E-state index is 12.0. The van der Waals surface area contributed by atoms with Gasteiger partial charge < -0.3 is 11.1 Å². The Morgan fingerprint density at radius 1 is 1.50 bits per heavy atom. The molecular formula is C14H19N3O3. The largest absolute Gasteiger partial charge is 0.352 e. The summed E-state index contributed by atoms with van der Waals surface area (Å²) in [6.07, 6.45) is 2.68. The molecule has 3 N–H and O–H groups in total. The van der Waals surface area contributed by atoms with Crippen LogP contribution in [0.2, 0.25) is 0 Å². The van der Waals surface area contributed by atoms with E-state index in [-0.39, 0.29) is 23.6 Å². The van der Waals surface area contributed by atoms with Crippen LogP contribution in [0.5, 0.6) is 0 Å². The molecule has 2 atom stereocenters. The van der Waals surface area contributed by atoms with Crippen molar-refractivity contribution in [1.29, 1.82) is 0 Å². The van der Waals surface area contributed by atoms with Crippen molar-refractivity contribution in [2.24, 2.45) is 11.7 Å². The molecule has 1 aliphatic carbocycles. The summed E-state index contributed by atoms with van der Waals surface area (Å²) in [5, 5.41) is 13.7. The molecule has 1 aromatic carbocycles. The predicted molar refractivity (Wildman–Crippen MR) is 75.0 cm³/mol. The Hall–Kier alpha value is -1.95. The van der Waals surface area contributed by atoms with Crippen LogP contribution in [0.15, 0.2) is 18.2 Å². The molecule has 0 radical (unpaired) electrons. The highest BCUT2D eigenvalue weighted by atomic mass is 16.6. The van der Waals surface area contributed by atoms with Crippen molar-refractivity contribution in [1.82, 2.24) is 5.32 Å². The zero-order chi connectivity index (χ0) is 14.7. The van der Waals surface area contributed by atoms with Crippen LogP contribution < -0.4 is 11.1 Å². The van der Waals surface area contributed by atoms with E-state index in [9.17, 15) is 14.9 Å². The average molecular weight is 277 g/mol. The van der Waals surface area contributed by atoms with E-state index in [1.807, 2.05) is 0 Å². The van der Waals surface area contributed by atoms with E-state index in [0.29, 0.717) is 12.1 Å². The SMILES string of the molecule is Cc1c(CNC(=O)C2CCCC2N)cccc1[N+](=O)[O-]. The minimum atomic E-state index is -0.409. The first-order valence-corrected chi connectivity index (χ1v) is 6.77. The van der Waals surface area contributed by atoms with E-state index in [1.165, 1.54) is 6.07 Å². The monoisotopic (exact) mass is 277 g/mol. The van der Waals surface area contributed by atoms with Crippen molar-refractivity contribution in [3.8, 4) is 0 Å². The molecule has 0 saturated heterocycles. The highest BCUT2D eigenvalue weighted by Gasteiger charge is 2.30. The molecular weight excluding hydrogens is 258 g/mol. The molecule has 0 aromatic heterocycles. The van der Waals surface area contributed by atoms with Crippen molar-refractivity contribution in [2.45, 2.75) is 38.8 Å². The second-order valence-electron chi connectivity index (χ2n) is 5.24. The van der Waals surface area contributed by atoms with Crippen LogP contribution in [-0.2, 0) is 11.3 Å². The fourth-order valence-corrected chi connectivity index (χ4v) is 2.69. The Morgan fingerprint density at radius 2 is 2.25 bits per heavy atom. The summed E-state index contributed by atoms with van der Waals surface area (Å²) >= 11 is 0. The third-order valence-electron chi connectivity index (χ3n) is 3.97. The normalized spacial score (nSPS) is 21.7. The summed E-state index contributed by atoms with van der Waals surface area (Å²) in [5.41, 5.74) is 7.32. The number of carbonyl (C=O) groups excluding carboxylic acids is 1. The van der Waals surface area contributed by atoms with Crippen LogP contribution in [0.25, 0.3) is 0 Å². The Kier molecular flexibility index (Phi) is 4.34. The maximum Gasteiger partial charge on any atom is 0.272 e. The highest BCUT2D eigenvalue weighted by Crippen LogP contribution is 2.25. The van der Waals surface area contributed by atoms with Crippen molar-refractivity contribution in [3.63, 3.8) is 0 Å². The first kappa shape index (κ1) is 14.5. The third-order valence-corrected chi connectivity index (χ3v) is 3.97. The molecule has 0 aliphatic heterocycles. The summed E-state index contributed by atoms with van der Waals surface area (Å²) in [6, 6.07) is 4.82. The number of nitrogens with one attached hydrogen (secondary N) is 1. The van der Waals surface area contributed by atoms with Gasteiger partial charge in [-0.15, -0.1) is 0 Å². The smallest absolute Gasteiger partial charge is 0.272 e. The first-order chi connectivity index (χ1) is 9.50. The van der Waals surface area contributed by atoms with Crippen molar-refractivity contribution in [3.05, 3.63) is 39.4 Å². The maximum absolute atomic E-state index is 12.0. The lowest BCUT2D eigenvalue weighted by Crippen LogP contribution is -2.38. The molecule has 20 heavy (non-hydrogen) atoms. The number of amides is 1. The zero-order valence-corrected chi connectivity index (χ0v) is 11.5.